The van der Waals surface area contributed by atoms with Crippen LogP contribution in [0.4, 0.5) is 0 Å². The van der Waals surface area contributed by atoms with Crippen LogP contribution >= 0.6 is 0 Å². The van der Waals surface area contributed by atoms with Gasteiger partial charge in [-0.15, -0.1) is 0 Å². The minimum atomic E-state index is -3.50. The van der Waals surface area contributed by atoms with Crippen LogP contribution in [0.5, 0.6) is 5.75 Å². The van der Waals surface area contributed by atoms with Crippen molar-refractivity contribution in [2.24, 2.45) is 0 Å². The second-order valence-electron chi connectivity index (χ2n) is 6.95. The van der Waals surface area contributed by atoms with Crippen LogP contribution in [-0.2, 0) is 14.8 Å². The number of piperazine rings is 1. The minimum Gasteiger partial charge on any atom is -0.493 e. The van der Waals surface area contributed by atoms with Gasteiger partial charge in [-0.1, -0.05) is 42.5 Å². The number of sulfonamides is 1. The number of carbonyl (C=O) groups excluding carboxylic acids is 1. The number of amides is 1. The Morgan fingerprint density at radius 3 is 2.45 bits per heavy atom. The third-order valence-corrected chi connectivity index (χ3v) is 6.32. The van der Waals surface area contributed by atoms with Crippen LogP contribution in [0.1, 0.15) is 17.5 Å². The van der Waals surface area contributed by atoms with Gasteiger partial charge in [-0.25, -0.2) is 8.42 Å². The Labute approximate surface area is 172 Å². The summed E-state index contributed by atoms with van der Waals surface area (Å²) in [5.41, 5.74) is 1.94. The summed E-state index contributed by atoms with van der Waals surface area (Å²) in [4.78, 5) is 14.1. The molecule has 154 valence electrons. The molecule has 0 radical (unpaired) electrons. The van der Waals surface area contributed by atoms with Crippen LogP contribution < -0.4 is 4.74 Å². The number of aryl methyl sites for hydroxylation is 1. The number of benzene rings is 2. The van der Waals surface area contributed by atoms with E-state index in [2.05, 4.69) is 0 Å². The molecule has 6 nitrogen and oxygen atoms in total. The highest BCUT2D eigenvalue weighted by molar-refractivity contribution is 7.92. The second kappa shape index (κ2) is 9.71. The highest BCUT2D eigenvalue weighted by Crippen LogP contribution is 2.14. The van der Waals surface area contributed by atoms with E-state index in [0.717, 1.165) is 16.9 Å². The van der Waals surface area contributed by atoms with E-state index in [1.165, 1.54) is 9.71 Å². The number of ether oxygens (including phenoxy) is 1. The summed E-state index contributed by atoms with van der Waals surface area (Å²) in [7, 11) is -3.50. The summed E-state index contributed by atoms with van der Waals surface area (Å²) >= 11 is 0. The number of rotatable bonds is 7. The van der Waals surface area contributed by atoms with Gasteiger partial charge in [-0.2, -0.15) is 4.31 Å². The molecule has 29 heavy (non-hydrogen) atoms. The van der Waals surface area contributed by atoms with Gasteiger partial charge in [-0.3, -0.25) is 4.79 Å². The number of hydrogen-bond acceptors (Lipinski definition) is 4. The van der Waals surface area contributed by atoms with Crippen molar-refractivity contribution in [1.82, 2.24) is 9.21 Å². The van der Waals surface area contributed by atoms with Crippen LogP contribution in [0.25, 0.3) is 6.08 Å². The van der Waals surface area contributed by atoms with Crippen molar-refractivity contribution >= 4 is 22.0 Å². The molecule has 0 aliphatic carbocycles. The zero-order valence-electron chi connectivity index (χ0n) is 16.5. The van der Waals surface area contributed by atoms with Gasteiger partial charge < -0.3 is 9.64 Å². The molecular formula is C22H26N2O4S. The molecule has 0 saturated carbocycles. The van der Waals surface area contributed by atoms with Crippen LogP contribution in [0, 0.1) is 6.92 Å². The number of hydrogen-bond donors (Lipinski definition) is 0. The SMILES string of the molecule is Cc1cccc(OCCC(=O)N2CCN(S(=O)(=O)/C=C/c3ccccc3)CC2)c1. The molecule has 0 N–H and O–H groups in total. The lowest BCUT2D eigenvalue weighted by atomic mass is 10.2. The lowest BCUT2D eigenvalue weighted by Gasteiger charge is -2.33. The fourth-order valence-electron chi connectivity index (χ4n) is 3.13. The molecule has 1 heterocycles. The Morgan fingerprint density at radius 2 is 1.76 bits per heavy atom. The molecule has 0 bridgehead atoms. The first-order chi connectivity index (χ1) is 13.9. The second-order valence-corrected chi connectivity index (χ2v) is 8.77. The Hall–Kier alpha value is -2.64. The van der Waals surface area contributed by atoms with Gasteiger partial charge >= 0.3 is 0 Å². The fraction of sp³-hybridized carbons (Fsp3) is 0.318. The molecule has 7 heteroatoms. The van der Waals surface area contributed by atoms with E-state index in [4.69, 9.17) is 4.74 Å². The molecule has 1 amide bonds. The summed E-state index contributed by atoms with van der Waals surface area (Å²) in [5, 5.41) is 1.23. The lowest BCUT2D eigenvalue weighted by Crippen LogP contribution is -2.50. The Balaban J connectivity index is 1.45. The van der Waals surface area contributed by atoms with E-state index >= 15 is 0 Å². The zero-order valence-corrected chi connectivity index (χ0v) is 17.3. The maximum atomic E-state index is 12.5. The van der Waals surface area contributed by atoms with Crippen molar-refractivity contribution in [3.63, 3.8) is 0 Å². The van der Waals surface area contributed by atoms with E-state index < -0.39 is 10.0 Å². The molecule has 1 fully saturated rings. The average molecular weight is 415 g/mol. The molecule has 0 unspecified atom stereocenters. The van der Waals surface area contributed by atoms with E-state index in [0.29, 0.717) is 32.8 Å². The summed E-state index contributed by atoms with van der Waals surface area (Å²) in [6.45, 7) is 3.67. The molecule has 0 spiro atoms. The van der Waals surface area contributed by atoms with Crippen molar-refractivity contribution in [3.8, 4) is 5.75 Å². The summed E-state index contributed by atoms with van der Waals surface area (Å²) < 4.78 is 32.1. The zero-order chi connectivity index (χ0) is 20.7. The quantitative estimate of drug-likeness (QED) is 0.699. The first-order valence-electron chi connectivity index (χ1n) is 9.64. The predicted octanol–water partition coefficient (Wildman–Crippen LogP) is 2.91. The van der Waals surface area contributed by atoms with E-state index in [1.807, 2.05) is 61.5 Å². The predicted molar refractivity (Wildman–Crippen MR) is 114 cm³/mol. The number of carbonyl (C=O) groups is 1. The Morgan fingerprint density at radius 1 is 1.03 bits per heavy atom. The van der Waals surface area contributed by atoms with Gasteiger partial charge in [0, 0.05) is 31.6 Å². The van der Waals surface area contributed by atoms with Gasteiger partial charge in [0.25, 0.3) is 0 Å². The Kier molecular flexibility index (Phi) is 7.06. The van der Waals surface area contributed by atoms with E-state index in [9.17, 15) is 13.2 Å². The van der Waals surface area contributed by atoms with Crippen molar-refractivity contribution in [2.75, 3.05) is 32.8 Å². The van der Waals surface area contributed by atoms with Gasteiger partial charge in [0.15, 0.2) is 0 Å². The summed E-state index contributed by atoms with van der Waals surface area (Å²) in [6.07, 6.45) is 1.87. The van der Waals surface area contributed by atoms with Gasteiger partial charge in [0.05, 0.1) is 13.0 Å². The molecule has 2 aromatic rings. The third kappa shape index (κ3) is 6.17. The largest absolute Gasteiger partial charge is 0.493 e. The average Bonchev–Trinajstić information content (AvgIpc) is 2.73. The lowest BCUT2D eigenvalue weighted by molar-refractivity contribution is -0.132. The smallest absolute Gasteiger partial charge is 0.236 e. The molecular weight excluding hydrogens is 388 g/mol. The molecule has 1 aliphatic heterocycles. The third-order valence-electron chi connectivity index (χ3n) is 4.76. The van der Waals surface area contributed by atoms with E-state index in [1.54, 1.807) is 11.0 Å². The van der Waals surface area contributed by atoms with Gasteiger partial charge in [0.1, 0.15) is 5.75 Å². The molecule has 1 aliphatic rings. The minimum absolute atomic E-state index is 0.0190. The highest BCUT2D eigenvalue weighted by atomic mass is 32.2. The maximum absolute atomic E-state index is 12.5. The topological polar surface area (TPSA) is 66.9 Å². The van der Waals surface area contributed by atoms with Crippen LogP contribution in [0.3, 0.4) is 0 Å². The van der Waals surface area contributed by atoms with Crippen molar-refractivity contribution in [1.29, 1.82) is 0 Å². The summed E-state index contributed by atoms with van der Waals surface area (Å²) in [5.74, 6) is 0.730. The standard InChI is InChI=1S/C22H26N2O4S/c1-19-6-5-9-21(18-19)28-16-10-22(25)23-12-14-24(15-13-23)29(26,27)17-11-20-7-3-2-4-8-20/h2-9,11,17-18H,10,12-16H2,1H3/b17-11+. The van der Waals surface area contributed by atoms with Crippen LogP contribution in [0.15, 0.2) is 60.0 Å². The van der Waals surface area contributed by atoms with Crippen molar-refractivity contribution in [3.05, 3.63) is 71.1 Å². The van der Waals surface area contributed by atoms with Crippen molar-refractivity contribution < 1.29 is 17.9 Å². The maximum Gasteiger partial charge on any atom is 0.236 e. The molecule has 0 aromatic heterocycles. The van der Waals surface area contributed by atoms with Gasteiger partial charge in [0.2, 0.25) is 15.9 Å². The first-order valence-corrected chi connectivity index (χ1v) is 11.1. The van der Waals surface area contributed by atoms with E-state index in [-0.39, 0.29) is 12.3 Å². The highest BCUT2D eigenvalue weighted by Gasteiger charge is 2.27. The Bertz CT molecular complexity index is 950. The fourth-order valence-corrected chi connectivity index (χ4v) is 4.30. The molecule has 0 atom stereocenters. The molecule has 2 aromatic carbocycles. The van der Waals surface area contributed by atoms with Crippen molar-refractivity contribution in [2.45, 2.75) is 13.3 Å². The summed E-state index contributed by atoms with van der Waals surface area (Å²) in [6, 6.07) is 17.0. The monoisotopic (exact) mass is 414 g/mol. The first kappa shape index (κ1) is 21.1. The molecule has 1 saturated heterocycles. The molecule has 3 rings (SSSR count). The number of nitrogens with zero attached hydrogens (tertiary/aromatic N) is 2. The van der Waals surface area contributed by atoms with Crippen LogP contribution in [-0.4, -0.2) is 56.3 Å². The van der Waals surface area contributed by atoms with Crippen LogP contribution in [0.2, 0.25) is 0 Å². The van der Waals surface area contributed by atoms with Gasteiger partial charge in [-0.05, 0) is 36.3 Å². The normalized spacial score (nSPS) is 15.6.